The van der Waals surface area contributed by atoms with Crippen LogP contribution >= 0.6 is 7.75 Å². The molecular weight excluding hydrogens is 500 g/mol. The number of esters is 1. The molecule has 1 fully saturated rings. The summed E-state index contributed by atoms with van der Waals surface area (Å²) in [6.07, 6.45) is -2.88. The summed E-state index contributed by atoms with van der Waals surface area (Å²) in [6, 6.07) is 6.79. The Labute approximate surface area is 205 Å². The lowest BCUT2D eigenvalue weighted by atomic mass is 10.1. The number of para-hydroxylation sites is 1. The monoisotopic (exact) mass is 529 g/mol. The van der Waals surface area contributed by atoms with Crippen molar-refractivity contribution in [3.63, 3.8) is 0 Å². The van der Waals surface area contributed by atoms with Crippen LogP contribution in [0.4, 0.5) is 4.39 Å². The molecule has 0 spiro atoms. The number of alkyl halides is 1. The predicted molar refractivity (Wildman–Crippen MR) is 125 cm³/mol. The summed E-state index contributed by atoms with van der Waals surface area (Å²) in [4.78, 5) is 38.1. The van der Waals surface area contributed by atoms with Crippen LogP contribution in [0.2, 0.25) is 0 Å². The van der Waals surface area contributed by atoms with Gasteiger partial charge in [-0.25, -0.2) is 13.8 Å². The van der Waals surface area contributed by atoms with Crippen molar-refractivity contribution in [2.75, 3.05) is 6.61 Å². The van der Waals surface area contributed by atoms with Crippen molar-refractivity contribution < 1.29 is 37.4 Å². The van der Waals surface area contributed by atoms with E-state index in [1.165, 1.54) is 32.2 Å². The van der Waals surface area contributed by atoms with Gasteiger partial charge in [0.1, 0.15) is 24.1 Å². The molecule has 3 N–H and O–H groups in total. The fraction of sp³-hybridized carbons (Fsp3) is 0.500. The number of H-pyrrole nitrogens is 1. The zero-order valence-electron chi connectivity index (χ0n) is 20.2. The van der Waals surface area contributed by atoms with Crippen LogP contribution in [0.25, 0.3) is 0 Å². The van der Waals surface area contributed by atoms with Crippen LogP contribution in [0.1, 0.15) is 39.0 Å². The summed E-state index contributed by atoms with van der Waals surface area (Å²) >= 11 is 0. The van der Waals surface area contributed by atoms with Crippen LogP contribution in [0.15, 0.2) is 46.1 Å². The largest absolute Gasteiger partial charge is 0.462 e. The number of aryl methyl sites for hydroxylation is 1. The molecule has 1 aliphatic rings. The van der Waals surface area contributed by atoms with Gasteiger partial charge in [0.25, 0.3) is 5.56 Å². The Balaban J connectivity index is 1.78. The first-order valence-electron chi connectivity index (χ1n) is 11.2. The van der Waals surface area contributed by atoms with Gasteiger partial charge in [-0.05, 0) is 39.8 Å². The maximum absolute atomic E-state index is 15.0. The smallest absolute Gasteiger partial charge is 0.459 e. The number of aromatic nitrogens is 2. The molecule has 2 heterocycles. The lowest BCUT2D eigenvalue weighted by molar-refractivity contribution is -0.150. The van der Waals surface area contributed by atoms with Gasteiger partial charge in [0.2, 0.25) is 5.85 Å². The van der Waals surface area contributed by atoms with Crippen molar-refractivity contribution in [1.29, 1.82) is 0 Å². The number of rotatable bonds is 10. The number of hydrogen-bond acceptors (Lipinski definition) is 9. The highest BCUT2D eigenvalue weighted by molar-refractivity contribution is 7.52. The quantitative estimate of drug-likeness (QED) is 0.307. The zero-order chi connectivity index (χ0) is 26.7. The van der Waals surface area contributed by atoms with E-state index < -0.39 is 68.3 Å². The second-order valence-corrected chi connectivity index (χ2v) is 10.3. The van der Waals surface area contributed by atoms with E-state index in [-0.39, 0.29) is 11.3 Å². The van der Waals surface area contributed by atoms with E-state index in [0.717, 1.165) is 4.57 Å². The highest BCUT2D eigenvalue weighted by Gasteiger charge is 2.50. The molecule has 3 rings (SSSR count). The lowest BCUT2D eigenvalue weighted by Crippen LogP contribution is -2.39. The molecule has 0 aliphatic carbocycles. The molecule has 198 valence electrons. The summed E-state index contributed by atoms with van der Waals surface area (Å²) < 4.78 is 50.9. The van der Waals surface area contributed by atoms with E-state index in [4.69, 9.17) is 18.5 Å². The molecule has 14 heteroatoms. The first-order valence-corrected chi connectivity index (χ1v) is 12.7. The SMILES string of the molecule is Cc1cn(C2CC(O)(F)C(COP(=O)(NC(C)C(=O)OC(C)C)Oc3ccccc3)O2)c(=O)[nH]c1=O. The standard InChI is InChI=1S/C22H29FN3O9P/c1-13(2)33-20(28)15(4)25-36(31,35-16-8-6-5-7-9-16)32-12-17-22(23,30)10-18(34-17)26-11-14(3)19(27)24-21(26)29/h5-9,11,13,15,17-18,30H,10,12H2,1-4H3,(H,25,31)(H,24,27,29). The Hall–Kier alpha value is -2.83. The van der Waals surface area contributed by atoms with Crippen LogP contribution < -0.4 is 20.9 Å². The average molecular weight is 529 g/mol. The Morgan fingerprint density at radius 3 is 2.64 bits per heavy atom. The van der Waals surface area contributed by atoms with E-state index >= 15 is 0 Å². The lowest BCUT2D eigenvalue weighted by Gasteiger charge is -2.26. The van der Waals surface area contributed by atoms with Crippen molar-refractivity contribution in [1.82, 2.24) is 14.6 Å². The molecule has 5 unspecified atom stereocenters. The molecular formula is C22H29FN3O9P. The van der Waals surface area contributed by atoms with E-state index in [1.54, 1.807) is 32.0 Å². The fourth-order valence-corrected chi connectivity index (χ4v) is 4.84. The number of ether oxygens (including phenoxy) is 2. The van der Waals surface area contributed by atoms with Gasteiger partial charge in [-0.2, -0.15) is 5.09 Å². The van der Waals surface area contributed by atoms with E-state index in [0.29, 0.717) is 0 Å². The normalized spacial score (nSPS) is 24.3. The van der Waals surface area contributed by atoms with E-state index in [1.807, 2.05) is 0 Å². The van der Waals surface area contributed by atoms with Crippen molar-refractivity contribution in [3.05, 3.63) is 62.9 Å². The number of hydrogen-bond donors (Lipinski definition) is 3. The Bertz CT molecular complexity index is 1230. The zero-order valence-corrected chi connectivity index (χ0v) is 21.1. The van der Waals surface area contributed by atoms with E-state index in [9.17, 15) is 28.4 Å². The minimum Gasteiger partial charge on any atom is -0.462 e. The Morgan fingerprint density at radius 2 is 2.00 bits per heavy atom. The van der Waals surface area contributed by atoms with Crippen molar-refractivity contribution in [2.45, 2.75) is 64.4 Å². The molecule has 0 bridgehead atoms. The van der Waals surface area contributed by atoms with Gasteiger partial charge in [-0.15, -0.1) is 0 Å². The number of aromatic amines is 1. The third-order valence-electron chi connectivity index (χ3n) is 5.15. The van der Waals surface area contributed by atoms with Gasteiger partial charge in [0.05, 0.1) is 19.1 Å². The first kappa shape index (κ1) is 27.8. The highest BCUT2D eigenvalue weighted by Crippen LogP contribution is 2.47. The Morgan fingerprint density at radius 1 is 1.33 bits per heavy atom. The average Bonchev–Trinajstić information content (AvgIpc) is 3.09. The fourth-order valence-electron chi connectivity index (χ4n) is 3.35. The minimum atomic E-state index is -4.34. The van der Waals surface area contributed by atoms with Crippen molar-refractivity contribution in [3.8, 4) is 5.75 Å². The molecule has 36 heavy (non-hydrogen) atoms. The van der Waals surface area contributed by atoms with Gasteiger partial charge in [0, 0.05) is 11.8 Å². The van der Waals surface area contributed by atoms with Gasteiger partial charge in [-0.1, -0.05) is 18.2 Å². The van der Waals surface area contributed by atoms with Gasteiger partial charge >= 0.3 is 19.4 Å². The van der Waals surface area contributed by atoms with Crippen LogP contribution in [0.3, 0.4) is 0 Å². The molecule has 2 aromatic rings. The number of halogens is 1. The molecule has 0 amide bonds. The van der Waals surface area contributed by atoms with Crippen LogP contribution in [-0.4, -0.2) is 51.3 Å². The minimum absolute atomic E-state index is 0.133. The maximum atomic E-state index is 15.0. The number of benzene rings is 1. The summed E-state index contributed by atoms with van der Waals surface area (Å²) in [5.41, 5.74) is -1.29. The Kier molecular flexibility index (Phi) is 8.52. The second-order valence-electron chi connectivity index (χ2n) is 8.61. The molecule has 1 aromatic carbocycles. The van der Waals surface area contributed by atoms with Crippen molar-refractivity contribution in [2.24, 2.45) is 0 Å². The highest BCUT2D eigenvalue weighted by atomic mass is 31.2. The number of aliphatic hydroxyl groups is 1. The summed E-state index contributed by atoms with van der Waals surface area (Å²) in [5.74, 6) is -3.57. The van der Waals surface area contributed by atoms with Gasteiger partial charge in [-0.3, -0.25) is 23.7 Å². The molecule has 1 aliphatic heterocycles. The summed E-state index contributed by atoms with van der Waals surface area (Å²) in [5, 5.41) is 12.7. The molecule has 0 saturated carbocycles. The molecule has 1 aromatic heterocycles. The first-order chi connectivity index (χ1) is 16.8. The van der Waals surface area contributed by atoms with Crippen LogP contribution in [0.5, 0.6) is 5.75 Å². The predicted octanol–water partition coefficient (Wildman–Crippen LogP) is 1.92. The topological polar surface area (TPSA) is 158 Å². The van der Waals surface area contributed by atoms with Crippen molar-refractivity contribution >= 4 is 13.7 Å². The number of carbonyl (C=O) groups excluding carboxylic acids is 1. The van der Waals surface area contributed by atoms with Gasteiger partial charge < -0.3 is 19.1 Å². The van der Waals surface area contributed by atoms with Gasteiger partial charge in [0.15, 0.2) is 0 Å². The second kappa shape index (κ2) is 11.1. The van der Waals surface area contributed by atoms with Crippen LogP contribution in [0, 0.1) is 6.92 Å². The number of nitrogens with one attached hydrogen (secondary N) is 2. The molecule has 5 atom stereocenters. The third-order valence-corrected chi connectivity index (χ3v) is 6.80. The third kappa shape index (κ3) is 6.89. The van der Waals surface area contributed by atoms with E-state index in [2.05, 4.69) is 10.1 Å². The number of carbonyl (C=O) groups is 1. The summed E-state index contributed by atoms with van der Waals surface area (Å²) in [6.45, 7) is 5.34. The van der Waals surface area contributed by atoms with Crippen LogP contribution in [-0.2, 0) is 23.4 Å². The molecule has 12 nitrogen and oxygen atoms in total. The molecule has 1 saturated heterocycles. The molecule has 0 radical (unpaired) electrons. The maximum Gasteiger partial charge on any atom is 0.459 e. The number of nitrogens with zero attached hydrogens (tertiary/aromatic N) is 1. The summed E-state index contributed by atoms with van der Waals surface area (Å²) in [7, 11) is -4.34.